The van der Waals surface area contributed by atoms with Crippen LogP contribution in [0.2, 0.25) is 0 Å². The molecule has 1 heterocycles. The SMILES string of the molecule is O=S(=O)(C1=CCOc2ccccc21)C(F)(F)F. The van der Waals surface area contributed by atoms with Crippen molar-refractivity contribution in [2.24, 2.45) is 0 Å². The fourth-order valence-corrected chi connectivity index (χ4v) is 2.49. The van der Waals surface area contributed by atoms with E-state index in [0.29, 0.717) is 0 Å². The Labute approximate surface area is 95.4 Å². The highest BCUT2D eigenvalue weighted by atomic mass is 32.2. The molecule has 1 aliphatic rings. The van der Waals surface area contributed by atoms with Gasteiger partial charge in [0.05, 0.1) is 4.91 Å². The molecule has 0 atom stereocenters. The number of halogens is 3. The number of rotatable bonds is 1. The highest BCUT2D eigenvalue weighted by molar-refractivity contribution is 8.01. The molecule has 1 aromatic carbocycles. The minimum atomic E-state index is -5.33. The van der Waals surface area contributed by atoms with E-state index in [9.17, 15) is 21.6 Å². The number of hydrogen-bond acceptors (Lipinski definition) is 3. The highest BCUT2D eigenvalue weighted by Crippen LogP contribution is 2.39. The zero-order chi connectivity index (χ0) is 12.7. The summed E-state index contributed by atoms with van der Waals surface area (Å²) in [6.45, 7) is -0.193. The Kier molecular flexibility index (Phi) is 2.65. The van der Waals surface area contributed by atoms with Crippen molar-refractivity contribution in [2.75, 3.05) is 6.61 Å². The molecule has 0 unspecified atom stereocenters. The van der Waals surface area contributed by atoms with E-state index in [1.54, 1.807) is 6.07 Å². The summed E-state index contributed by atoms with van der Waals surface area (Å²) in [7, 11) is -5.33. The van der Waals surface area contributed by atoms with Crippen molar-refractivity contribution in [2.45, 2.75) is 5.51 Å². The topological polar surface area (TPSA) is 43.4 Å². The minimum absolute atomic E-state index is 0.0592. The van der Waals surface area contributed by atoms with E-state index in [1.807, 2.05) is 0 Å². The molecule has 0 radical (unpaired) electrons. The van der Waals surface area contributed by atoms with Crippen LogP contribution in [-0.4, -0.2) is 20.5 Å². The number of para-hydroxylation sites is 1. The summed E-state index contributed by atoms with van der Waals surface area (Å²) < 4.78 is 65.0. The monoisotopic (exact) mass is 264 g/mol. The van der Waals surface area contributed by atoms with E-state index in [2.05, 4.69) is 0 Å². The van der Waals surface area contributed by atoms with Gasteiger partial charge >= 0.3 is 5.51 Å². The van der Waals surface area contributed by atoms with E-state index in [1.165, 1.54) is 18.2 Å². The van der Waals surface area contributed by atoms with E-state index < -0.39 is 20.3 Å². The first-order chi connectivity index (χ1) is 7.84. The summed E-state index contributed by atoms with van der Waals surface area (Å²) in [5.41, 5.74) is -5.36. The molecule has 0 aromatic heterocycles. The fraction of sp³-hybridized carbons (Fsp3) is 0.200. The van der Waals surface area contributed by atoms with E-state index in [0.717, 1.165) is 6.08 Å². The molecule has 0 saturated heterocycles. The number of ether oxygens (including phenoxy) is 1. The first-order valence-electron chi connectivity index (χ1n) is 4.58. The zero-order valence-electron chi connectivity index (χ0n) is 8.36. The Bertz CT molecular complexity index is 573. The second-order valence-corrected chi connectivity index (χ2v) is 5.23. The lowest BCUT2D eigenvalue weighted by Gasteiger charge is -2.19. The van der Waals surface area contributed by atoms with Crippen molar-refractivity contribution in [3.8, 4) is 5.75 Å². The lowest BCUT2D eigenvalue weighted by Crippen LogP contribution is -2.25. The van der Waals surface area contributed by atoms with Gasteiger partial charge in [-0.25, -0.2) is 8.42 Å². The highest BCUT2D eigenvalue weighted by Gasteiger charge is 2.49. The van der Waals surface area contributed by atoms with Crippen molar-refractivity contribution in [1.29, 1.82) is 0 Å². The third kappa shape index (κ3) is 1.90. The maximum absolute atomic E-state index is 12.4. The number of benzene rings is 1. The standard InChI is InChI=1S/C10H7F3O3S/c11-10(12,13)17(14,15)9-5-6-16-8-4-2-1-3-7(8)9/h1-5H,6H2. The van der Waals surface area contributed by atoms with Gasteiger partial charge in [0.2, 0.25) is 0 Å². The average Bonchev–Trinajstić information content (AvgIpc) is 2.26. The van der Waals surface area contributed by atoms with Crippen LogP contribution in [-0.2, 0) is 9.84 Å². The summed E-state index contributed by atoms with van der Waals surface area (Å²) >= 11 is 0. The molecular weight excluding hydrogens is 257 g/mol. The van der Waals surface area contributed by atoms with Crippen molar-refractivity contribution < 1.29 is 26.3 Å². The third-order valence-corrected chi connectivity index (χ3v) is 3.83. The summed E-state index contributed by atoms with van der Waals surface area (Å²) in [5, 5.41) is 0. The van der Waals surface area contributed by atoms with Gasteiger partial charge in [0.15, 0.2) is 0 Å². The van der Waals surface area contributed by atoms with Crippen LogP contribution in [0.25, 0.3) is 4.91 Å². The molecule has 3 nitrogen and oxygen atoms in total. The van der Waals surface area contributed by atoms with Crippen molar-refractivity contribution in [3.63, 3.8) is 0 Å². The zero-order valence-corrected chi connectivity index (χ0v) is 9.18. The Hall–Kier alpha value is -1.50. The van der Waals surface area contributed by atoms with Crippen LogP contribution in [0.15, 0.2) is 30.3 Å². The molecule has 0 saturated carbocycles. The molecule has 0 N–H and O–H groups in total. The first kappa shape index (κ1) is 12.0. The summed E-state index contributed by atoms with van der Waals surface area (Å²) in [5.74, 6) is 0.137. The predicted octanol–water partition coefficient (Wildman–Crippen LogP) is 2.35. The van der Waals surface area contributed by atoms with Crippen LogP contribution < -0.4 is 4.74 Å². The van der Waals surface area contributed by atoms with Gasteiger partial charge in [0.25, 0.3) is 9.84 Å². The summed E-state index contributed by atoms with van der Waals surface area (Å²) in [4.78, 5) is -0.744. The van der Waals surface area contributed by atoms with E-state index >= 15 is 0 Å². The number of sulfone groups is 1. The summed E-state index contributed by atoms with van der Waals surface area (Å²) in [6.07, 6.45) is 0.922. The van der Waals surface area contributed by atoms with Gasteiger partial charge in [-0.3, -0.25) is 0 Å². The smallest absolute Gasteiger partial charge is 0.489 e. The van der Waals surface area contributed by atoms with Crippen LogP contribution in [0, 0.1) is 0 Å². The molecule has 0 amide bonds. The van der Waals surface area contributed by atoms with Gasteiger partial charge in [0, 0.05) is 5.56 Å². The molecule has 0 bridgehead atoms. The Balaban J connectivity index is 2.60. The molecule has 0 fully saturated rings. The first-order valence-corrected chi connectivity index (χ1v) is 6.06. The van der Waals surface area contributed by atoms with Gasteiger partial charge in [-0.1, -0.05) is 12.1 Å². The average molecular weight is 264 g/mol. The molecular formula is C10H7F3O3S. The normalized spacial score (nSPS) is 15.8. The van der Waals surface area contributed by atoms with Crippen LogP contribution in [0.4, 0.5) is 13.2 Å². The van der Waals surface area contributed by atoms with Crippen LogP contribution >= 0.6 is 0 Å². The van der Waals surface area contributed by atoms with Gasteiger partial charge in [-0.05, 0) is 18.2 Å². The Morgan fingerprint density at radius 2 is 1.82 bits per heavy atom. The van der Waals surface area contributed by atoms with E-state index in [4.69, 9.17) is 4.74 Å². The van der Waals surface area contributed by atoms with Crippen molar-refractivity contribution in [1.82, 2.24) is 0 Å². The molecule has 7 heteroatoms. The predicted molar refractivity (Wildman–Crippen MR) is 54.9 cm³/mol. The van der Waals surface area contributed by atoms with Gasteiger partial charge in [0.1, 0.15) is 12.4 Å². The van der Waals surface area contributed by atoms with Crippen LogP contribution in [0.5, 0.6) is 5.75 Å². The van der Waals surface area contributed by atoms with Gasteiger partial charge in [-0.2, -0.15) is 13.2 Å². The number of fused-ring (bicyclic) bond motifs is 1. The molecule has 17 heavy (non-hydrogen) atoms. The lowest BCUT2D eigenvalue weighted by atomic mass is 10.1. The van der Waals surface area contributed by atoms with Crippen molar-refractivity contribution >= 4 is 14.7 Å². The number of alkyl halides is 3. The van der Waals surface area contributed by atoms with Crippen LogP contribution in [0.3, 0.4) is 0 Å². The maximum atomic E-state index is 12.4. The quantitative estimate of drug-likeness (QED) is 0.782. The minimum Gasteiger partial charge on any atom is -0.489 e. The Morgan fingerprint density at radius 1 is 1.18 bits per heavy atom. The van der Waals surface area contributed by atoms with Crippen molar-refractivity contribution in [3.05, 3.63) is 35.9 Å². The van der Waals surface area contributed by atoms with Gasteiger partial charge in [-0.15, -0.1) is 0 Å². The summed E-state index contributed by atoms with van der Waals surface area (Å²) in [6, 6.07) is 5.72. The Morgan fingerprint density at radius 3 is 2.47 bits per heavy atom. The molecule has 0 aliphatic carbocycles. The molecule has 1 aliphatic heterocycles. The maximum Gasteiger partial charge on any atom is 0.501 e. The second-order valence-electron chi connectivity index (χ2n) is 3.32. The van der Waals surface area contributed by atoms with E-state index in [-0.39, 0.29) is 17.9 Å². The van der Waals surface area contributed by atoms with Crippen LogP contribution in [0.1, 0.15) is 5.56 Å². The molecule has 2 rings (SSSR count). The largest absolute Gasteiger partial charge is 0.501 e. The lowest BCUT2D eigenvalue weighted by molar-refractivity contribution is -0.0420. The van der Waals surface area contributed by atoms with Gasteiger partial charge < -0.3 is 4.74 Å². The second kappa shape index (κ2) is 3.76. The molecule has 0 spiro atoms. The number of hydrogen-bond donors (Lipinski definition) is 0. The molecule has 1 aromatic rings. The fourth-order valence-electron chi connectivity index (χ4n) is 1.49. The molecule has 92 valence electrons. The third-order valence-electron chi connectivity index (χ3n) is 2.25.